The molecule has 0 saturated heterocycles. The van der Waals surface area contributed by atoms with Crippen LogP contribution in [-0.2, 0) is 12.3 Å². The van der Waals surface area contributed by atoms with E-state index >= 15 is 0 Å². The van der Waals surface area contributed by atoms with Gasteiger partial charge in [-0.1, -0.05) is 37.3 Å². The van der Waals surface area contributed by atoms with E-state index in [-0.39, 0.29) is 0 Å². The molecule has 0 fully saturated rings. The molecular formula is C17H17ClN2. The third-order valence-corrected chi connectivity index (χ3v) is 3.92. The van der Waals surface area contributed by atoms with Gasteiger partial charge in [0.25, 0.3) is 0 Å². The van der Waals surface area contributed by atoms with Gasteiger partial charge in [0.2, 0.25) is 0 Å². The minimum absolute atomic E-state index is 0.409. The quantitative estimate of drug-likeness (QED) is 0.641. The van der Waals surface area contributed by atoms with Crippen LogP contribution >= 0.6 is 11.6 Å². The van der Waals surface area contributed by atoms with Crippen molar-refractivity contribution in [3.63, 3.8) is 0 Å². The Morgan fingerprint density at radius 1 is 1.10 bits per heavy atom. The number of aryl methyl sites for hydroxylation is 2. The number of halogens is 1. The highest BCUT2D eigenvalue weighted by atomic mass is 35.5. The number of benzene rings is 2. The first-order valence-corrected chi connectivity index (χ1v) is 7.41. The summed E-state index contributed by atoms with van der Waals surface area (Å²) in [5, 5.41) is 0. The second-order valence-corrected chi connectivity index (χ2v) is 5.19. The zero-order valence-electron chi connectivity index (χ0n) is 11.7. The van der Waals surface area contributed by atoms with Gasteiger partial charge in [0.1, 0.15) is 5.82 Å². The highest BCUT2D eigenvalue weighted by molar-refractivity contribution is 6.17. The molecule has 0 bridgehead atoms. The van der Waals surface area contributed by atoms with Gasteiger partial charge in [-0.3, -0.25) is 4.57 Å². The van der Waals surface area contributed by atoms with Gasteiger partial charge in [-0.15, -0.1) is 11.6 Å². The smallest absolute Gasteiger partial charge is 0.129 e. The van der Waals surface area contributed by atoms with E-state index in [1.54, 1.807) is 0 Å². The van der Waals surface area contributed by atoms with Crippen LogP contribution in [0.2, 0.25) is 0 Å². The molecule has 0 unspecified atom stereocenters. The molecule has 0 atom stereocenters. The van der Waals surface area contributed by atoms with E-state index in [0.717, 1.165) is 23.3 Å². The van der Waals surface area contributed by atoms with Crippen LogP contribution in [-0.4, -0.2) is 9.55 Å². The lowest BCUT2D eigenvalue weighted by atomic mass is 10.1. The van der Waals surface area contributed by atoms with Gasteiger partial charge in [-0.25, -0.2) is 4.98 Å². The average molecular weight is 285 g/mol. The fourth-order valence-corrected chi connectivity index (χ4v) is 2.90. The van der Waals surface area contributed by atoms with Crippen molar-refractivity contribution in [1.29, 1.82) is 0 Å². The van der Waals surface area contributed by atoms with Crippen molar-refractivity contribution in [3.05, 3.63) is 59.4 Å². The summed E-state index contributed by atoms with van der Waals surface area (Å²) in [6, 6.07) is 14.7. The number of hydrogen-bond donors (Lipinski definition) is 0. The van der Waals surface area contributed by atoms with Gasteiger partial charge in [-0.2, -0.15) is 0 Å². The number of para-hydroxylation sites is 2. The first-order chi connectivity index (χ1) is 9.76. The number of nitrogens with zero attached hydrogens (tertiary/aromatic N) is 2. The molecule has 2 nitrogen and oxygen atoms in total. The number of aromatic nitrogens is 2. The number of rotatable bonds is 3. The molecule has 0 N–H and O–H groups in total. The van der Waals surface area contributed by atoms with Crippen molar-refractivity contribution in [2.75, 3.05) is 0 Å². The summed E-state index contributed by atoms with van der Waals surface area (Å²) >= 11 is 6.12. The zero-order chi connectivity index (χ0) is 14.1. The van der Waals surface area contributed by atoms with Crippen molar-refractivity contribution >= 4 is 22.6 Å². The Labute approximate surface area is 124 Å². The number of alkyl halides is 1. The van der Waals surface area contributed by atoms with Crippen LogP contribution in [0.5, 0.6) is 0 Å². The maximum Gasteiger partial charge on any atom is 0.129 e. The molecule has 102 valence electrons. The zero-order valence-corrected chi connectivity index (χ0v) is 12.5. The van der Waals surface area contributed by atoms with Crippen LogP contribution in [0.25, 0.3) is 16.7 Å². The predicted molar refractivity (Wildman–Crippen MR) is 84.7 cm³/mol. The molecule has 0 amide bonds. The van der Waals surface area contributed by atoms with Gasteiger partial charge in [0.05, 0.1) is 22.6 Å². The van der Waals surface area contributed by atoms with Crippen molar-refractivity contribution in [2.24, 2.45) is 0 Å². The van der Waals surface area contributed by atoms with E-state index in [1.807, 2.05) is 12.1 Å². The molecule has 3 aromatic rings. The van der Waals surface area contributed by atoms with Crippen LogP contribution in [0, 0.1) is 6.92 Å². The standard InChI is InChI=1S/C17H17ClN2/c1-3-13-8-4-5-10-15(13)20-16(11-18)19-14-9-6-7-12(2)17(14)20/h4-10H,3,11H2,1-2H3. The fraction of sp³-hybridized carbons (Fsp3) is 0.235. The van der Waals surface area contributed by atoms with Gasteiger partial charge < -0.3 is 0 Å². The lowest BCUT2D eigenvalue weighted by Gasteiger charge is -2.13. The molecule has 0 radical (unpaired) electrons. The fourth-order valence-electron chi connectivity index (χ4n) is 2.72. The lowest BCUT2D eigenvalue weighted by molar-refractivity contribution is 0.952. The molecule has 0 aliphatic carbocycles. The van der Waals surface area contributed by atoms with E-state index < -0.39 is 0 Å². The van der Waals surface area contributed by atoms with E-state index in [4.69, 9.17) is 11.6 Å². The number of fused-ring (bicyclic) bond motifs is 1. The molecule has 0 spiro atoms. The third kappa shape index (κ3) is 2.01. The van der Waals surface area contributed by atoms with Gasteiger partial charge in [0, 0.05) is 0 Å². The van der Waals surface area contributed by atoms with Crippen molar-refractivity contribution in [2.45, 2.75) is 26.1 Å². The molecular weight excluding hydrogens is 268 g/mol. The molecule has 2 aromatic carbocycles. The molecule has 0 saturated carbocycles. The number of hydrogen-bond acceptors (Lipinski definition) is 1. The SMILES string of the molecule is CCc1ccccc1-n1c(CCl)nc2cccc(C)c21. The van der Waals surface area contributed by atoms with Crippen LogP contribution in [0.4, 0.5) is 0 Å². The molecule has 3 rings (SSSR count). The van der Waals surface area contributed by atoms with Gasteiger partial charge >= 0.3 is 0 Å². The minimum atomic E-state index is 0.409. The van der Waals surface area contributed by atoms with Crippen molar-refractivity contribution in [3.8, 4) is 5.69 Å². The Hall–Kier alpha value is -1.80. The first kappa shape index (κ1) is 13.2. The Morgan fingerprint density at radius 3 is 2.65 bits per heavy atom. The van der Waals surface area contributed by atoms with Crippen molar-refractivity contribution in [1.82, 2.24) is 9.55 Å². The van der Waals surface area contributed by atoms with E-state index in [0.29, 0.717) is 5.88 Å². The highest BCUT2D eigenvalue weighted by Gasteiger charge is 2.15. The summed E-state index contributed by atoms with van der Waals surface area (Å²) in [5.41, 5.74) is 5.87. The topological polar surface area (TPSA) is 17.8 Å². The molecule has 3 heteroatoms. The number of imidazole rings is 1. The largest absolute Gasteiger partial charge is 0.295 e. The summed E-state index contributed by atoms with van der Waals surface area (Å²) in [6.07, 6.45) is 0.990. The normalized spacial score (nSPS) is 11.2. The monoisotopic (exact) mass is 284 g/mol. The Morgan fingerprint density at radius 2 is 1.90 bits per heavy atom. The van der Waals surface area contributed by atoms with E-state index in [9.17, 15) is 0 Å². The molecule has 1 heterocycles. The van der Waals surface area contributed by atoms with Crippen LogP contribution in [0.1, 0.15) is 23.9 Å². The Bertz CT molecular complexity index is 759. The van der Waals surface area contributed by atoms with E-state index in [2.05, 4.69) is 53.7 Å². The summed E-state index contributed by atoms with van der Waals surface area (Å²) in [6.45, 7) is 4.29. The molecule has 1 aromatic heterocycles. The lowest BCUT2D eigenvalue weighted by Crippen LogP contribution is -2.03. The second kappa shape index (κ2) is 5.29. The molecule has 20 heavy (non-hydrogen) atoms. The maximum atomic E-state index is 6.12. The Balaban J connectivity index is 2.40. The van der Waals surface area contributed by atoms with Crippen LogP contribution < -0.4 is 0 Å². The summed E-state index contributed by atoms with van der Waals surface area (Å²) in [4.78, 5) is 4.67. The van der Waals surface area contributed by atoms with Crippen molar-refractivity contribution < 1.29 is 0 Å². The third-order valence-electron chi connectivity index (χ3n) is 3.68. The molecule has 0 aliphatic heterocycles. The van der Waals surface area contributed by atoms with Gasteiger partial charge in [0.15, 0.2) is 0 Å². The Kier molecular flexibility index (Phi) is 3.49. The summed E-state index contributed by atoms with van der Waals surface area (Å²) in [5.74, 6) is 1.31. The first-order valence-electron chi connectivity index (χ1n) is 6.87. The highest BCUT2D eigenvalue weighted by Crippen LogP contribution is 2.27. The average Bonchev–Trinajstić information content (AvgIpc) is 2.87. The summed E-state index contributed by atoms with van der Waals surface area (Å²) in [7, 11) is 0. The molecule has 0 aliphatic rings. The minimum Gasteiger partial charge on any atom is -0.295 e. The predicted octanol–water partition coefficient (Wildman–Crippen LogP) is 4.64. The van der Waals surface area contributed by atoms with Crippen LogP contribution in [0.15, 0.2) is 42.5 Å². The van der Waals surface area contributed by atoms with Crippen LogP contribution in [0.3, 0.4) is 0 Å². The van der Waals surface area contributed by atoms with E-state index in [1.165, 1.54) is 16.8 Å². The maximum absolute atomic E-state index is 6.12. The second-order valence-electron chi connectivity index (χ2n) is 4.92. The van der Waals surface area contributed by atoms with Gasteiger partial charge in [-0.05, 0) is 36.6 Å². The summed E-state index contributed by atoms with van der Waals surface area (Å²) < 4.78 is 2.20.